The van der Waals surface area contributed by atoms with Crippen LogP contribution in [0.1, 0.15) is 27.7 Å². The number of halogens is 3. The lowest BCUT2D eigenvalue weighted by molar-refractivity contribution is 0.0624. The average Bonchev–Trinajstić information content (AvgIpc) is 3.02. The first-order valence-electron chi connectivity index (χ1n) is 9.06. The highest BCUT2D eigenvalue weighted by Crippen LogP contribution is 2.37. The maximum Gasteiger partial charge on any atom is 0.254 e. The lowest BCUT2D eigenvalue weighted by atomic mass is 9.96. The van der Waals surface area contributed by atoms with E-state index in [9.17, 15) is 4.79 Å². The number of rotatable bonds is 3. The number of nitrogens with one attached hydrogen (secondary N) is 1. The van der Waals surface area contributed by atoms with Crippen molar-refractivity contribution < 1.29 is 4.79 Å². The van der Waals surface area contributed by atoms with Crippen LogP contribution in [0.5, 0.6) is 0 Å². The molecule has 2 heterocycles. The van der Waals surface area contributed by atoms with E-state index in [0.29, 0.717) is 33.7 Å². The number of hydrogen-bond donors (Lipinski definition) is 1. The fourth-order valence-corrected chi connectivity index (χ4v) is 4.38. The Hall–Kier alpha value is -1.72. The van der Waals surface area contributed by atoms with Crippen molar-refractivity contribution in [3.8, 4) is 0 Å². The molecule has 4 rings (SSSR count). The van der Waals surface area contributed by atoms with Crippen molar-refractivity contribution in [3.63, 3.8) is 0 Å². The smallest absolute Gasteiger partial charge is 0.254 e. The number of hydrogen-bond acceptors (Lipinski definition) is 2. The number of fused-ring (bicyclic) bond motifs is 3. The lowest BCUT2D eigenvalue weighted by Gasteiger charge is -2.37. The number of aromatic nitrogens is 1. The second-order valence-electron chi connectivity index (χ2n) is 7.36. The van der Waals surface area contributed by atoms with Gasteiger partial charge < -0.3 is 14.8 Å². The van der Waals surface area contributed by atoms with Gasteiger partial charge in [0.25, 0.3) is 5.91 Å². The normalized spacial score (nSPS) is 16.6. The van der Waals surface area contributed by atoms with Gasteiger partial charge in [0.1, 0.15) is 0 Å². The van der Waals surface area contributed by atoms with E-state index in [1.807, 2.05) is 37.2 Å². The molecule has 1 aliphatic heterocycles. The second kappa shape index (κ2) is 7.60. The topological polar surface area (TPSA) is 39.3 Å². The number of nitrogens with zero attached hydrogens (tertiary/aromatic N) is 2. The molecule has 7 heteroatoms. The molecule has 1 unspecified atom stereocenters. The number of likely N-dealkylation sites (N-methyl/N-ethyl adjacent to an activating group) is 1. The van der Waals surface area contributed by atoms with E-state index >= 15 is 0 Å². The van der Waals surface area contributed by atoms with Crippen LogP contribution in [0.3, 0.4) is 0 Å². The zero-order valence-electron chi connectivity index (χ0n) is 15.6. The molecule has 0 saturated carbocycles. The third kappa shape index (κ3) is 3.50. The Labute approximate surface area is 179 Å². The van der Waals surface area contributed by atoms with Gasteiger partial charge in [-0.3, -0.25) is 4.79 Å². The van der Waals surface area contributed by atoms with Crippen LogP contribution < -0.4 is 0 Å². The van der Waals surface area contributed by atoms with Crippen molar-refractivity contribution in [1.82, 2.24) is 14.8 Å². The van der Waals surface area contributed by atoms with Crippen molar-refractivity contribution >= 4 is 51.6 Å². The predicted octanol–water partition coefficient (Wildman–Crippen LogP) is 5.43. The molecular weight excluding hydrogens is 417 g/mol. The minimum atomic E-state index is -0.0909. The molecule has 0 aliphatic carbocycles. The molecule has 1 N–H and O–H groups in total. The highest BCUT2D eigenvalue weighted by atomic mass is 35.5. The molecule has 0 saturated heterocycles. The Morgan fingerprint density at radius 3 is 2.64 bits per heavy atom. The highest BCUT2D eigenvalue weighted by molar-refractivity contribution is 6.42. The predicted molar refractivity (Wildman–Crippen MR) is 116 cm³/mol. The molecule has 0 bridgehead atoms. The van der Waals surface area contributed by atoms with E-state index < -0.39 is 0 Å². The summed E-state index contributed by atoms with van der Waals surface area (Å²) in [5, 5.41) is 2.67. The van der Waals surface area contributed by atoms with Crippen LogP contribution in [-0.4, -0.2) is 47.9 Å². The van der Waals surface area contributed by atoms with Crippen molar-refractivity contribution in [2.24, 2.45) is 0 Å². The number of H-pyrrole nitrogens is 1. The van der Waals surface area contributed by atoms with Gasteiger partial charge in [0, 0.05) is 40.3 Å². The zero-order chi connectivity index (χ0) is 20.0. The van der Waals surface area contributed by atoms with Gasteiger partial charge >= 0.3 is 0 Å². The van der Waals surface area contributed by atoms with Crippen molar-refractivity contribution in [2.45, 2.75) is 12.5 Å². The van der Waals surface area contributed by atoms with Gasteiger partial charge in [-0.15, -0.1) is 0 Å². The Kier molecular flexibility index (Phi) is 5.32. The minimum Gasteiger partial charge on any atom is -0.356 e. The van der Waals surface area contributed by atoms with Crippen LogP contribution in [0.4, 0.5) is 0 Å². The molecule has 1 amide bonds. The lowest BCUT2D eigenvalue weighted by Crippen LogP contribution is -2.44. The SMILES string of the molecule is CN(C)CC1c2[nH]c3ccc(Cl)cc3c2CCN1C(=O)c1ccc(Cl)c(Cl)c1. The third-order valence-electron chi connectivity index (χ3n) is 5.18. The largest absolute Gasteiger partial charge is 0.356 e. The van der Waals surface area contributed by atoms with Gasteiger partial charge in [0.15, 0.2) is 0 Å². The summed E-state index contributed by atoms with van der Waals surface area (Å²) in [6.45, 7) is 1.34. The number of amides is 1. The fourth-order valence-electron chi connectivity index (χ4n) is 3.91. The van der Waals surface area contributed by atoms with Crippen molar-refractivity contribution in [1.29, 1.82) is 0 Å². The van der Waals surface area contributed by atoms with Gasteiger partial charge in [-0.25, -0.2) is 0 Å². The first-order chi connectivity index (χ1) is 13.3. The van der Waals surface area contributed by atoms with Crippen LogP contribution in [0.2, 0.25) is 15.1 Å². The van der Waals surface area contributed by atoms with Crippen LogP contribution >= 0.6 is 34.8 Å². The second-order valence-corrected chi connectivity index (χ2v) is 8.61. The first-order valence-corrected chi connectivity index (χ1v) is 10.2. The van der Waals surface area contributed by atoms with E-state index in [2.05, 4.69) is 9.88 Å². The van der Waals surface area contributed by atoms with Crippen LogP contribution in [-0.2, 0) is 6.42 Å². The Bertz CT molecular complexity index is 1060. The number of benzene rings is 2. The van der Waals surface area contributed by atoms with E-state index in [4.69, 9.17) is 34.8 Å². The molecule has 4 nitrogen and oxygen atoms in total. The minimum absolute atomic E-state index is 0.0484. The summed E-state index contributed by atoms with van der Waals surface area (Å²) in [5.74, 6) is -0.0484. The van der Waals surface area contributed by atoms with Crippen molar-refractivity contribution in [2.75, 3.05) is 27.2 Å². The summed E-state index contributed by atoms with van der Waals surface area (Å²) < 4.78 is 0. The maximum atomic E-state index is 13.3. The average molecular weight is 437 g/mol. The number of carbonyl (C=O) groups excluding carboxylic acids is 1. The summed E-state index contributed by atoms with van der Waals surface area (Å²) >= 11 is 18.4. The number of carbonyl (C=O) groups is 1. The van der Waals surface area contributed by atoms with Gasteiger partial charge in [0.05, 0.1) is 16.1 Å². The highest BCUT2D eigenvalue weighted by Gasteiger charge is 2.34. The molecule has 2 aromatic carbocycles. The van der Waals surface area contributed by atoms with Gasteiger partial charge in [-0.1, -0.05) is 34.8 Å². The van der Waals surface area contributed by atoms with Crippen LogP contribution in [0, 0.1) is 0 Å². The molecule has 3 aromatic rings. The van der Waals surface area contributed by atoms with Crippen molar-refractivity contribution in [3.05, 3.63) is 68.3 Å². The molecule has 28 heavy (non-hydrogen) atoms. The van der Waals surface area contributed by atoms with Crippen LogP contribution in [0.15, 0.2) is 36.4 Å². The molecule has 0 spiro atoms. The molecular formula is C21H20Cl3N3O. The third-order valence-corrected chi connectivity index (χ3v) is 6.15. The summed E-state index contributed by atoms with van der Waals surface area (Å²) in [6, 6.07) is 10.8. The zero-order valence-corrected chi connectivity index (χ0v) is 17.9. The molecule has 1 aliphatic rings. The molecule has 0 fully saturated rings. The van der Waals surface area contributed by atoms with Gasteiger partial charge in [-0.2, -0.15) is 0 Å². The Morgan fingerprint density at radius 1 is 1.14 bits per heavy atom. The molecule has 146 valence electrons. The van der Waals surface area contributed by atoms with E-state index in [1.54, 1.807) is 18.2 Å². The summed E-state index contributed by atoms with van der Waals surface area (Å²) in [6.07, 6.45) is 0.771. The van der Waals surface area contributed by atoms with E-state index in [1.165, 1.54) is 5.56 Å². The molecule has 1 aromatic heterocycles. The summed E-state index contributed by atoms with van der Waals surface area (Å²) in [4.78, 5) is 20.8. The monoisotopic (exact) mass is 435 g/mol. The van der Waals surface area contributed by atoms with Gasteiger partial charge in [0.2, 0.25) is 0 Å². The number of aromatic amines is 1. The Morgan fingerprint density at radius 2 is 1.93 bits per heavy atom. The first kappa shape index (κ1) is 19.6. The molecule has 0 radical (unpaired) electrons. The quantitative estimate of drug-likeness (QED) is 0.594. The fraction of sp³-hybridized carbons (Fsp3) is 0.286. The molecule has 1 atom stereocenters. The van der Waals surface area contributed by atoms with E-state index in [0.717, 1.165) is 23.0 Å². The Balaban J connectivity index is 1.77. The standard InChI is InChI=1S/C21H20Cl3N3O/c1-26(2)11-19-20-14(15-10-13(22)4-6-18(15)25-20)7-8-27(19)21(28)12-3-5-16(23)17(24)9-12/h3-6,9-10,19,25H,7-8,11H2,1-2H3. The maximum absolute atomic E-state index is 13.3. The van der Waals surface area contributed by atoms with E-state index in [-0.39, 0.29) is 11.9 Å². The van der Waals surface area contributed by atoms with Gasteiger partial charge in [-0.05, 0) is 62.5 Å². The van der Waals surface area contributed by atoms with Crippen LogP contribution in [0.25, 0.3) is 10.9 Å². The summed E-state index contributed by atoms with van der Waals surface area (Å²) in [7, 11) is 4.02. The summed E-state index contributed by atoms with van der Waals surface area (Å²) in [5.41, 5.74) is 3.90.